The van der Waals surface area contributed by atoms with Gasteiger partial charge in [0, 0.05) is 67.0 Å². The van der Waals surface area contributed by atoms with Crippen LogP contribution in [0.2, 0.25) is 0 Å². The van der Waals surface area contributed by atoms with Crippen molar-refractivity contribution in [1.82, 2.24) is 24.8 Å². The lowest BCUT2D eigenvalue weighted by Gasteiger charge is -2.35. The molecule has 1 aromatic carbocycles. The first-order valence-electron chi connectivity index (χ1n) is 11.4. The van der Waals surface area contributed by atoms with Crippen LogP contribution in [0.25, 0.3) is 33.4 Å². The van der Waals surface area contributed by atoms with Crippen molar-refractivity contribution >= 4 is 23.1 Å². The van der Waals surface area contributed by atoms with E-state index in [1.54, 1.807) is 0 Å². The Morgan fingerprint density at radius 2 is 1.71 bits per heavy atom. The fourth-order valence-corrected chi connectivity index (χ4v) is 4.40. The lowest BCUT2D eigenvalue weighted by molar-refractivity contribution is -0.106. The second-order valence-corrected chi connectivity index (χ2v) is 8.70. The van der Waals surface area contributed by atoms with Crippen molar-refractivity contribution in [1.29, 1.82) is 0 Å². The summed E-state index contributed by atoms with van der Waals surface area (Å²) in [7, 11) is 2.19. The van der Waals surface area contributed by atoms with Gasteiger partial charge in [-0.2, -0.15) is 0 Å². The molecule has 5 rings (SSSR count). The molecule has 1 amide bonds. The van der Waals surface area contributed by atoms with Crippen molar-refractivity contribution in [3.05, 3.63) is 59.8 Å². The molecule has 0 spiro atoms. The topological polar surface area (TPSA) is 104 Å². The number of nitrogens with two attached hydrogens (primary N) is 1. The van der Waals surface area contributed by atoms with Crippen LogP contribution in [0.3, 0.4) is 0 Å². The van der Waals surface area contributed by atoms with Crippen LogP contribution < -0.4 is 10.6 Å². The number of primary amides is 1. The molecule has 8 nitrogen and oxygen atoms in total. The number of amides is 1. The molecule has 1 fully saturated rings. The van der Waals surface area contributed by atoms with E-state index in [2.05, 4.69) is 68.7 Å². The van der Waals surface area contributed by atoms with Gasteiger partial charge in [0.1, 0.15) is 11.5 Å². The van der Waals surface area contributed by atoms with Crippen molar-refractivity contribution in [3.63, 3.8) is 0 Å². The standard InChI is InChI=1S/C25H28N6.CH3NO/c1-16-11-19(5-6-23(16)31-9-7-30(4)8-10-31)20-12-21-22(15-28-25(21)27-14-20)24-17(2)13-26-18(3)29-24;2-1-3/h5-6,11-15H,7-10H2,1-4H3,(H,27,28);1H,(H2,2,3). The van der Waals surface area contributed by atoms with Crippen LogP contribution in [-0.4, -0.2) is 64.5 Å². The number of carbonyl (C=O) groups excluding carboxylic acids is 1. The molecule has 4 aromatic rings. The van der Waals surface area contributed by atoms with Gasteiger partial charge >= 0.3 is 0 Å². The first kappa shape index (κ1) is 23.4. The zero-order valence-corrected chi connectivity index (χ0v) is 20.2. The van der Waals surface area contributed by atoms with E-state index in [9.17, 15) is 0 Å². The average molecular weight is 458 g/mol. The number of fused-ring (bicyclic) bond motifs is 1. The van der Waals surface area contributed by atoms with Crippen LogP contribution in [0.15, 0.2) is 42.9 Å². The molecule has 1 saturated heterocycles. The third-order valence-electron chi connectivity index (χ3n) is 6.25. The fraction of sp³-hybridized carbons (Fsp3) is 0.308. The van der Waals surface area contributed by atoms with Crippen LogP contribution in [0.1, 0.15) is 17.0 Å². The summed E-state index contributed by atoms with van der Waals surface area (Å²) >= 11 is 0. The normalized spacial score (nSPS) is 14.1. The number of piperazine rings is 1. The predicted molar refractivity (Wildman–Crippen MR) is 137 cm³/mol. The van der Waals surface area contributed by atoms with Crippen molar-refractivity contribution in [2.75, 3.05) is 38.1 Å². The SMILES string of the molecule is Cc1ncc(C)c(-c2c[nH]c3ncc(-c4ccc(N5CCN(C)CC5)c(C)c4)cc23)n1.NC=O. The largest absolute Gasteiger partial charge is 0.372 e. The van der Waals surface area contributed by atoms with Crippen molar-refractivity contribution in [2.45, 2.75) is 20.8 Å². The number of aryl methyl sites for hydroxylation is 3. The summed E-state index contributed by atoms with van der Waals surface area (Å²) in [5, 5.41) is 1.08. The number of nitrogens with zero attached hydrogens (tertiary/aromatic N) is 5. The third kappa shape index (κ3) is 4.77. The van der Waals surface area contributed by atoms with E-state index < -0.39 is 0 Å². The van der Waals surface area contributed by atoms with E-state index in [1.807, 2.05) is 32.4 Å². The molecule has 0 saturated carbocycles. The minimum Gasteiger partial charge on any atom is -0.372 e. The van der Waals surface area contributed by atoms with Gasteiger partial charge in [0.2, 0.25) is 6.41 Å². The average Bonchev–Trinajstić information content (AvgIpc) is 3.25. The van der Waals surface area contributed by atoms with Gasteiger partial charge in [-0.25, -0.2) is 15.0 Å². The molecule has 0 bridgehead atoms. The first-order valence-corrected chi connectivity index (χ1v) is 11.4. The number of rotatable bonds is 3. The first-order chi connectivity index (χ1) is 16.4. The van der Waals surface area contributed by atoms with E-state index in [4.69, 9.17) is 9.78 Å². The van der Waals surface area contributed by atoms with Gasteiger partial charge in [0.25, 0.3) is 0 Å². The third-order valence-corrected chi connectivity index (χ3v) is 6.25. The number of likely N-dealkylation sites (N-methyl/N-ethyl adjacent to an activating group) is 1. The molecule has 0 unspecified atom stereocenters. The van der Waals surface area contributed by atoms with Crippen molar-refractivity contribution < 1.29 is 4.79 Å². The summed E-state index contributed by atoms with van der Waals surface area (Å²) < 4.78 is 0. The number of H-pyrrole nitrogens is 1. The second kappa shape index (κ2) is 10.0. The van der Waals surface area contributed by atoms with E-state index in [-0.39, 0.29) is 6.41 Å². The number of hydrogen-bond donors (Lipinski definition) is 2. The minimum absolute atomic E-state index is 0.250. The van der Waals surface area contributed by atoms with Gasteiger partial charge in [-0.1, -0.05) is 6.07 Å². The summed E-state index contributed by atoms with van der Waals surface area (Å²) in [6.07, 6.45) is 6.08. The smallest absolute Gasteiger partial charge is 0.204 e. The molecule has 4 heterocycles. The Bertz CT molecular complexity index is 1310. The second-order valence-electron chi connectivity index (χ2n) is 8.70. The van der Waals surface area contributed by atoms with E-state index >= 15 is 0 Å². The number of benzene rings is 1. The van der Waals surface area contributed by atoms with Gasteiger partial charge in [-0.05, 0) is 62.7 Å². The van der Waals surface area contributed by atoms with Crippen LogP contribution in [0.5, 0.6) is 0 Å². The number of pyridine rings is 1. The highest BCUT2D eigenvalue weighted by Crippen LogP contribution is 2.33. The Morgan fingerprint density at radius 3 is 2.41 bits per heavy atom. The number of carbonyl (C=O) groups is 1. The summed E-state index contributed by atoms with van der Waals surface area (Å²) in [6, 6.07) is 8.98. The molecule has 176 valence electrons. The number of nitrogens with one attached hydrogen (secondary N) is 1. The van der Waals surface area contributed by atoms with E-state index in [1.165, 1.54) is 16.8 Å². The van der Waals surface area contributed by atoms with E-state index in [0.29, 0.717) is 0 Å². The lowest BCUT2D eigenvalue weighted by atomic mass is 10.0. The number of anilines is 1. The molecule has 0 atom stereocenters. The van der Waals surface area contributed by atoms with Crippen LogP contribution in [-0.2, 0) is 4.79 Å². The Balaban J connectivity index is 0.000000868. The Kier molecular flexibility index (Phi) is 6.88. The van der Waals surface area contributed by atoms with Gasteiger partial charge in [0.05, 0.1) is 5.69 Å². The molecule has 0 radical (unpaired) electrons. The quantitative estimate of drug-likeness (QED) is 0.457. The minimum atomic E-state index is 0.250. The highest BCUT2D eigenvalue weighted by atomic mass is 16.1. The maximum atomic E-state index is 8.58. The van der Waals surface area contributed by atoms with Gasteiger partial charge < -0.3 is 20.5 Å². The molecule has 3 aromatic heterocycles. The fourth-order valence-electron chi connectivity index (χ4n) is 4.40. The number of hydrogen-bond acceptors (Lipinski definition) is 6. The molecule has 8 heteroatoms. The number of aromatic amines is 1. The maximum absolute atomic E-state index is 8.58. The summed E-state index contributed by atoms with van der Waals surface area (Å²) in [5.41, 5.74) is 13.1. The summed E-state index contributed by atoms with van der Waals surface area (Å²) in [4.78, 5) is 30.4. The Morgan fingerprint density at radius 1 is 0.971 bits per heavy atom. The molecule has 1 aliphatic heterocycles. The maximum Gasteiger partial charge on any atom is 0.204 e. The number of aromatic nitrogens is 4. The predicted octanol–water partition coefficient (Wildman–Crippen LogP) is 3.47. The molecular formula is C26H31N7O. The highest BCUT2D eigenvalue weighted by molar-refractivity contribution is 5.95. The molecular weight excluding hydrogens is 426 g/mol. The van der Waals surface area contributed by atoms with Crippen LogP contribution in [0, 0.1) is 20.8 Å². The molecule has 0 aliphatic carbocycles. The highest BCUT2D eigenvalue weighted by Gasteiger charge is 2.17. The summed E-state index contributed by atoms with van der Waals surface area (Å²) in [6.45, 7) is 10.6. The van der Waals surface area contributed by atoms with Crippen LogP contribution >= 0.6 is 0 Å². The zero-order chi connectivity index (χ0) is 24.2. The summed E-state index contributed by atoms with van der Waals surface area (Å²) in [5.74, 6) is 0.772. The Labute approximate surface area is 199 Å². The molecule has 34 heavy (non-hydrogen) atoms. The zero-order valence-electron chi connectivity index (χ0n) is 20.2. The monoisotopic (exact) mass is 457 g/mol. The van der Waals surface area contributed by atoms with Crippen molar-refractivity contribution in [3.8, 4) is 22.4 Å². The van der Waals surface area contributed by atoms with Gasteiger partial charge in [0.15, 0.2) is 0 Å². The molecule has 1 aliphatic rings. The Hall–Kier alpha value is -3.78. The van der Waals surface area contributed by atoms with Crippen LogP contribution in [0.4, 0.5) is 5.69 Å². The van der Waals surface area contributed by atoms with Crippen molar-refractivity contribution in [2.24, 2.45) is 5.73 Å². The molecule has 3 N–H and O–H groups in total. The van der Waals surface area contributed by atoms with Gasteiger partial charge in [-0.15, -0.1) is 0 Å². The van der Waals surface area contributed by atoms with Gasteiger partial charge in [-0.3, -0.25) is 4.79 Å². The lowest BCUT2D eigenvalue weighted by Crippen LogP contribution is -2.44. The van der Waals surface area contributed by atoms with E-state index in [0.717, 1.165) is 65.4 Å².